The Balaban J connectivity index is 1.65. The molecule has 0 atom stereocenters. The van der Waals surface area contributed by atoms with Crippen molar-refractivity contribution in [3.63, 3.8) is 0 Å². The summed E-state index contributed by atoms with van der Waals surface area (Å²) >= 11 is 18.3. The second-order valence-electron chi connectivity index (χ2n) is 6.24. The molecule has 3 aromatic rings. The molecule has 0 fully saturated rings. The number of non-ortho nitro benzene ring substituents is 1. The van der Waals surface area contributed by atoms with Crippen molar-refractivity contribution >= 4 is 52.6 Å². The third-order valence-corrected chi connectivity index (χ3v) is 4.82. The second kappa shape index (κ2) is 10.3. The summed E-state index contributed by atoms with van der Waals surface area (Å²) in [4.78, 5) is 22.4. The summed E-state index contributed by atoms with van der Waals surface area (Å²) < 4.78 is 5.64. The number of nitro groups is 1. The van der Waals surface area contributed by atoms with Gasteiger partial charge in [0.05, 0.1) is 21.2 Å². The average molecular weight is 479 g/mol. The summed E-state index contributed by atoms with van der Waals surface area (Å²) in [6, 6.07) is 15.6. The van der Waals surface area contributed by atoms with Crippen LogP contribution in [0.2, 0.25) is 15.1 Å². The van der Waals surface area contributed by atoms with Gasteiger partial charge in [0.25, 0.3) is 11.6 Å². The Kier molecular flexibility index (Phi) is 7.46. The molecule has 0 aliphatic heterocycles. The van der Waals surface area contributed by atoms with Gasteiger partial charge in [0.15, 0.2) is 5.75 Å². The molecule has 0 radical (unpaired) electrons. The summed E-state index contributed by atoms with van der Waals surface area (Å²) in [5.74, 6) is -0.167. The molecule has 0 saturated carbocycles. The minimum absolute atomic E-state index is 0.0366. The van der Waals surface area contributed by atoms with Crippen molar-refractivity contribution in [2.45, 2.75) is 6.61 Å². The van der Waals surface area contributed by atoms with Gasteiger partial charge >= 0.3 is 0 Å². The van der Waals surface area contributed by atoms with Crippen LogP contribution in [-0.2, 0) is 6.61 Å². The van der Waals surface area contributed by atoms with Gasteiger partial charge in [0.1, 0.15) is 6.61 Å². The van der Waals surface area contributed by atoms with Crippen molar-refractivity contribution in [2.24, 2.45) is 5.10 Å². The van der Waals surface area contributed by atoms with Crippen molar-refractivity contribution < 1.29 is 14.5 Å². The number of halogens is 3. The number of nitrogens with zero attached hydrogens (tertiary/aromatic N) is 2. The minimum atomic E-state index is -0.483. The predicted molar refractivity (Wildman–Crippen MR) is 120 cm³/mol. The van der Waals surface area contributed by atoms with E-state index in [1.807, 2.05) is 0 Å². The summed E-state index contributed by atoms with van der Waals surface area (Å²) in [7, 11) is 0. The Hall–Kier alpha value is -3.13. The third-order valence-electron chi connectivity index (χ3n) is 4.01. The molecule has 0 heterocycles. The van der Waals surface area contributed by atoms with Crippen LogP contribution in [0.4, 0.5) is 5.69 Å². The van der Waals surface area contributed by atoms with Crippen LogP contribution in [0.1, 0.15) is 21.5 Å². The molecule has 0 bridgehead atoms. The van der Waals surface area contributed by atoms with E-state index in [0.29, 0.717) is 21.7 Å². The average Bonchev–Trinajstić information content (AvgIpc) is 2.73. The number of nitrogens with one attached hydrogen (secondary N) is 1. The van der Waals surface area contributed by atoms with Gasteiger partial charge < -0.3 is 4.74 Å². The lowest BCUT2D eigenvalue weighted by atomic mass is 10.2. The van der Waals surface area contributed by atoms with Gasteiger partial charge in [0, 0.05) is 22.7 Å². The molecule has 3 aromatic carbocycles. The fourth-order valence-electron chi connectivity index (χ4n) is 2.54. The highest BCUT2D eigenvalue weighted by molar-refractivity contribution is 6.37. The summed E-state index contributed by atoms with van der Waals surface area (Å²) in [6.07, 6.45) is 1.38. The smallest absolute Gasteiger partial charge is 0.271 e. The highest BCUT2D eigenvalue weighted by atomic mass is 35.5. The lowest BCUT2D eigenvalue weighted by molar-refractivity contribution is -0.384. The maximum absolute atomic E-state index is 12.0. The van der Waals surface area contributed by atoms with Crippen LogP contribution >= 0.6 is 34.8 Å². The van der Waals surface area contributed by atoms with E-state index in [9.17, 15) is 14.9 Å². The van der Waals surface area contributed by atoms with Crippen LogP contribution in [0.5, 0.6) is 5.75 Å². The van der Waals surface area contributed by atoms with Gasteiger partial charge in [0.2, 0.25) is 0 Å². The highest BCUT2D eigenvalue weighted by Gasteiger charge is 2.11. The zero-order valence-electron chi connectivity index (χ0n) is 15.7. The van der Waals surface area contributed by atoms with Gasteiger partial charge in [-0.25, -0.2) is 5.43 Å². The third kappa shape index (κ3) is 6.18. The van der Waals surface area contributed by atoms with Crippen LogP contribution in [0.25, 0.3) is 0 Å². The van der Waals surface area contributed by atoms with Crippen LogP contribution < -0.4 is 10.2 Å². The molecule has 3 rings (SSSR count). The zero-order chi connectivity index (χ0) is 22.4. The number of carbonyl (C=O) groups is 1. The highest BCUT2D eigenvalue weighted by Crippen LogP contribution is 2.34. The lowest BCUT2D eigenvalue weighted by Gasteiger charge is -2.11. The summed E-state index contributed by atoms with van der Waals surface area (Å²) in [6.45, 7) is 0.0473. The Morgan fingerprint density at radius 3 is 2.39 bits per heavy atom. The van der Waals surface area contributed by atoms with E-state index in [1.165, 1.54) is 18.3 Å². The number of hydrogen-bond acceptors (Lipinski definition) is 5. The first-order valence-corrected chi connectivity index (χ1v) is 9.91. The van der Waals surface area contributed by atoms with E-state index in [-0.39, 0.29) is 28.1 Å². The van der Waals surface area contributed by atoms with Crippen LogP contribution in [0.15, 0.2) is 65.8 Å². The number of ether oxygens (including phenoxy) is 1. The molecule has 10 heteroatoms. The van der Waals surface area contributed by atoms with Crippen molar-refractivity contribution in [1.82, 2.24) is 5.43 Å². The lowest BCUT2D eigenvalue weighted by Crippen LogP contribution is -2.17. The number of hydrazone groups is 1. The largest absolute Gasteiger partial charge is 0.486 e. The Morgan fingerprint density at radius 1 is 1.06 bits per heavy atom. The topological polar surface area (TPSA) is 93.8 Å². The number of nitro benzene ring substituents is 1. The number of carbonyl (C=O) groups excluding carboxylic acids is 1. The summed E-state index contributed by atoms with van der Waals surface area (Å²) in [5, 5.41) is 15.7. The fraction of sp³-hybridized carbons (Fsp3) is 0.0476. The second-order valence-corrected chi connectivity index (χ2v) is 7.49. The molecule has 0 saturated heterocycles. The fourth-order valence-corrected chi connectivity index (χ4v) is 3.28. The number of benzene rings is 3. The number of amides is 1. The standard InChI is InChI=1S/C21H14Cl3N3O4/c22-16-6-4-15(5-7-16)21(28)26-25-11-14-9-18(23)20(19(24)10-14)31-12-13-2-1-3-17(8-13)27(29)30/h1-11H,12H2,(H,26,28)/b25-11-. The molecular weight excluding hydrogens is 465 g/mol. The zero-order valence-corrected chi connectivity index (χ0v) is 18.0. The molecular formula is C21H14Cl3N3O4. The number of rotatable bonds is 7. The maximum Gasteiger partial charge on any atom is 0.271 e. The van der Waals surface area contributed by atoms with Crippen LogP contribution in [-0.4, -0.2) is 17.0 Å². The first-order valence-electron chi connectivity index (χ1n) is 8.77. The van der Waals surface area contributed by atoms with E-state index in [2.05, 4.69) is 10.5 Å². The molecule has 0 aliphatic rings. The van der Waals surface area contributed by atoms with E-state index in [1.54, 1.807) is 48.5 Å². The normalized spacial score (nSPS) is 10.8. The van der Waals surface area contributed by atoms with Crippen molar-refractivity contribution in [3.05, 3.63) is 103 Å². The Labute approximate surface area is 192 Å². The van der Waals surface area contributed by atoms with Crippen LogP contribution in [0, 0.1) is 10.1 Å². The molecule has 158 valence electrons. The first-order chi connectivity index (χ1) is 14.8. The van der Waals surface area contributed by atoms with Gasteiger partial charge in [-0.1, -0.05) is 46.9 Å². The van der Waals surface area contributed by atoms with Gasteiger partial charge in [-0.15, -0.1) is 0 Å². The molecule has 7 nitrogen and oxygen atoms in total. The molecule has 0 unspecified atom stereocenters. The van der Waals surface area contributed by atoms with Gasteiger partial charge in [-0.05, 0) is 47.5 Å². The van der Waals surface area contributed by atoms with E-state index in [0.717, 1.165) is 0 Å². The molecule has 0 aromatic heterocycles. The van der Waals surface area contributed by atoms with Crippen molar-refractivity contribution in [1.29, 1.82) is 0 Å². The molecule has 31 heavy (non-hydrogen) atoms. The Bertz CT molecular complexity index is 1130. The van der Waals surface area contributed by atoms with Gasteiger partial charge in [-0.3, -0.25) is 14.9 Å². The monoisotopic (exact) mass is 477 g/mol. The Morgan fingerprint density at radius 2 is 1.74 bits per heavy atom. The first kappa shape index (κ1) is 22.6. The maximum atomic E-state index is 12.0. The van der Waals surface area contributed by atoms with Crippen LogP contribution in [0.3, 0.4) is 0 Å². The van der Waals surface area contributed by atoms with Crippen molar-refractivity contribution in [3.8, 4) is 5.75 Å². The number of hydrogen-bond donors (Lipinski definition) is 1. The van der Waals surface area contributed by atoms with Gasteiger partial charge in [-0.2, -0.15) is 5.10 Å². The predicted octanol–water partition coefficient (Wildman–Crippen LogP) is 5.90. The quantitative estimate of drug-likeness (QED) is 0.260. The molecule has 0 aliphatic carbocycles. The SMILES string of the molecule is O=C(N/N=C\c1cc(Cl)c(OCc2cccc([N+](=O)[O-])c2)c(Cl)c1)c1ccc(Cl)cc1. The molecule has 0 spiro atoms. The molecule has 1 N–H and O–H groups in total. The summed E-state index contributed by atoms with van der Waals surface area (Å²) in [5.41, 5.74) is 3.90. The van der Waals surface area contributed by atoms with E-state index >= 15 is 0 Å². The van der Waals surface area contributed by atoms with E-state index < -0.39 is 10.8 Å². The van der Waals surface area contributed by atoms with Crippen molar-refractivity contribution in [2.75, 3.05) is 0 Å². The van der Waals surface area contributed by atoms with E-state index in [4.69, 9.17) is 39.5 Å². The minimum Gasteiger partial charge on any atom is -0.486 e. The molecule has 1 amide bonds.